The first-order chi connectivity index (χ1) is 9.59. The molecule has 2 nitrogen and oxygen atoms in total. The molecule has 0 aliphatic carbocycles. The summed E-state index contributed by atoms with van der Waals surface area (Å²) in [5.41, 5.74) is 0.972. The van der Waals surface area contributed by atoms with E-state index in [0.717, 1.165) is 11.1 Å². The van der Waals surface area contributed by atoms with Gasteiger partial charge in [-0.25, -0.2) is 0 Å². The lowest BCUT2D eigenvalue weighted by Crippen LogP contribution is -2.39. The monoisotopic (exact) mass is 268 g/mol. The summed E-state index contributed by atoms with van der Waals surface area (Å²) in [5, 5.41) is 9.78. The molecule has 2 aromatic rings. The molecule has 2 aromatic carbocycles. The van der Waals surface area contributed by atoms with Crippen LogP contribution in [0.2, 0.25) is 0 Å². The van der Waals surface area contributed by atoms with Gasteiger partial charge in [0.05, 0.1) is 12.0 Å². The number of ketones is 1. The van der Waals surface area contributed by atoms with Crippen molar-refractivity contribution in [1.82, 2.24) is 0 Å². The largest absolute Gasteiger partial charge is 0.395 e. The summed E-state index contributed by atoms with van der Waals surface area (Å²) in [7, 11) is 0. The van der Waals surface area contributed by atoms with Gasteiger partial charge >= 0.3 is 0 Å². The van der Waals surface area contributed by atoms with Crippen molar-refractivity contribution in [3.05, 3.63) is 71.8 Å². The lowest BCUT2D eigenvalue weighted by Gasteiger charge is -2.29. The number of rotatable bonds is 5. The lowest BCUT2D eigenvalue weighted by atomic mass is 9.73. The maximum absolute atomic E-state index is 12.8. The van der Waals surface area contributed by atoms with Crippen LogP contribution in [0.15, 0.2) is 60.7 Å². The van der Waals surface area contributed by atoms with Crippen molar-refractivity contribution in [1.29, 1.82) is 0 Å². The highest BCUT2D eigenvalue weighted by molar-refractivity contribution is 5.95. The summed E-state index contributed by atoms with van der Waals surface area (Å²) in [6.45, 7) is 3.52. The Morgan fingerprint density at radius 2 is 1.55 bits per heavy atom. The predicted octanol–water partition coefficient (Wildman–Crippen LogP) is 3.31. The normalized spacial score (nSPS) is 15.3. The molecule has 0 spiro atoms. The second-order valence-electron chi connectivity index (χ2n) is 5.35. The number of aliphatic hydroxyl groups is 1. The molecule has 0 fully saturated rings. The highest BCUT2D eigenvalue weighted by atomic mass is 16.3. The number of hydrogen-bond acceptors (Lipinski definition) is 2. The van der Waals surface area contributed by atoms with Gasteiger partial charge in [-0.3, -0.25) is 4.79 Å². The van der Waals surface area contributed by atoms with E-state index in [9.17, 15) is 9.90 Å². The van der Waals surface area contributed by atoms with Crippen molar-refractivity contribution in [3.63, 3.8) is 0 Å². The van der Waals surface area contributed by atoms with Crippen LogP contribution in [0.4, 0.5) is 0 Å². The third kappa shape index (κ3) is 2.66. The molecule has 0 amide bonds. The molecule has 0 heterocycles. The van der Waals surface area contributed by atoms with Gasteiger partial charge in [0.15, 0.2) is 5.78 Å². The zero-order valence-corrected chi connectivity index (χ0v) is 11.9. The molecule has 0 aromatic heterocycles. The van der Waals surface area contributed by atoms with E-state index in [0.29, 0.717) is 0 Å². The standard InChI is InChI=1S/C18H20O2/c1-14(15-9-5-3-6-10-15)17(20)18(2,13-19)16-11-7-4-8-12-16/h3-12,14,19H,13H2,1-2H3/t14-,18+/m1/s1. The molecular formula is C18H20O2. The van der Waals surface area contributed by atoms with Gasteiger partial charge in [0.2, 0.25) is 0 Å². The summed E-state index contributed by atoms with van der Waals surface area (Å²) < 4.78 is 0. The van der Waals surface area contributed by atoms with Crippen molar-refractivity contribution in [3.8, 4) is 0 Å². The number of hydrogen-bond donors (Lipinski definition) is 1. The highest BCUT2D eigenvalue weighted by Gasteiger charge is 2.37. The zero-order valence-electron chi connectivity index (χ0n) is 11.9. The maximum Gasteiger partial charge on any atom is 0.152 e. The minimum absolute atomic E-state index is 0.0393. The predicted molar refractivity (Wildman–Crippen MR) is 80.7 cm³/mol. The van der Waals surface area contributed by atoms with Gasteiger partial charge in [0.25, 0.3) is 0 Å². The molecule has 0 aliphatic heterocycles. The number of carbonyl (C=O) groups excluding carboxylic acids is 1. The Bertz CT molecular complexity index is 562. The van der Waals surface area contributed by atoms with Crippen molar-refractivity contribution < 1.29 is 9.90 Å². The summed E-state index contributed by atoms with van der Waals surface area (Å²) in [6.07, 6.45) is 0. The zero-order chi connectivity index (χ0) is 14.6. The van der Waals surface area contributed by atoms with Gasteiger partial charge in [0, 0.05) is 5.92 Å². The molecule has 0 saturated heterocycles. The Kier molecular flexibility index (Phi) is 4.35. The fraction of sp³-hybridized carbons (Fsp3) is 0.278. The van der Waals surface area contributed by atoms with Crippen LogP contribution in [-0.4, -0.2) is 17.5 Å². The van der Waals surface area contributed by atoms with Crippen molar-refractivity contribution in [2.45, 2.75) is 25.2 Å². The van der Waals surface area contributed by atoms with Gasteiger partial charge < -0.3 is 5.11 Å². The van der Waals surface area contributed by atoms with Crippen LogP contribution in [-0.2, 0) is 10.2 Å². The molecule has 1 N–H and O–H groups in total. The third-order valence-electron chi connectivity index (χ3n) is 3.96. The van der Waals surface area contributed by atoms with Crippen LogP contribution in [0.5, 0.6) is 0 Å². The van der Waals surface area contributed by atoms with Gasteiger partial charge in [-0.15, -0.1) is 0 Å². The average molecular weight is 268 g/mol. The van der Waals surface area contributed by atoms with Crippen LogP contribution in [0.25, 0.3) is 0 Å². The second kappa shape index (κ2) is 6.02. The molecule has 0 bridgehead atoms. The smallest absolute Gasteiger partial charge is 0.152 e. The van der Waals surface area contributed by atoms with Gasteiger partial charge in [-0.2, -0.15) is 0 Å². The van der Waals surface area contributed by atoms with E-state index in [4.69, 9.17) is 0 Å². The second-order valence-corrected chi connectivity index (χ2v) is 5.35. The number of benzene rings is 2. The Balaban J connectivity index is 2.35. The Morgan fingerprint density at radius 3 is 2.05 bits per heavy atom. The van der Waals surface area contributed by atoms with Crippen LogP contribution in [0.1, 0.15) is 30.9 Å². The van der Waals surface area contributed by atoms with E-state index in [1.165, 1.54) is 0 Å². The SMILES string of the molecule is C[C@@H](C(=O)[C@@](C)(CO)c1ccccc1)c1ccccc1. The lowest BCUT2D eigenvalue weighted by molar-refractivity contribution is -0.126. The molecule has 0 radical (unpaired) electrons. The number of aliphatic hydroxyl groups excluding tert-OH is 1. The third-order valence-corrected chi connectivity index (χ3v) is 3.96. The molecule has 104 valence electrons. The van der Waals surface area contributed by atoms with Crippen LogP contribution >= 0.6 is 0 Å². The van der Waals surface area contributed by atoms with Gasteiger partial charge in [-0.05, 0) is 18.1 Å². The van der Waals surface area contributed by atoms with Crippen molar-refractivity contribution in [2.24, 2.45) is 0 Å². The number of Topliss-reactive ketones (excluding diaryl/α,β-unsaturated/α-hetero) is 1. The molecule has 0 saturated carbocycles. The van der Waals surface area contributed by atoms with E-state index < -0.39 is 5.41 Å². The minimum Gasteiger partial charge on any atom is -0.395 e. The fourth-order valence-corrected chi connectivity index (χ4v) is 2.49. The fourth-order valence-electron chi connectivity index (χ4n) is 2.49. The quantitative estimate of drug-likeness (QED) is 0.903. The molecule has 2 rings (SSSR count). The average Bonchev–Trinajstić information content (AvgIpc) is 2.54. The Morgan fingerprint density at radius 1 is 1.05 bits per heavy atom. The molecule has 0 unspecified atom stereocenters. The van der Waals surface area contributed by atoms with Crippen LogP contribution in [0.3, 0.4) is 0 Å². The topological polar surface area (TPSA) is 37.3 Å². The van der Waals surface area contributed by atoms with Crippen LogP contribution < -0.4 is 0 Å². The van der Waals surface area contributed by atoms with E-state index >= 15 is 0 Å². The van der Waals surface area contributed by atoms with E-state index in [-0.39, 0.29) is 18.3 Å². The van der Waals surface area contributed by atoms with Gasteiger partial charge in [0.1, 0.15) is 0 Å². The maximum atomic E-state index is 12.8. The summed E-state index contributed by atoms with van der Waals surface area (Å²) in [5.74, 6) is -0.203. The number of carbonyl (C=O) groups is 1. The first kappa shape index (κ1) is 14.5. The van der Waals surface area contributed by atoms with E-state index in [1.807, 2.05) is 74.5 Å². The van der Waals surface area contributed by atoms with E-state index in [1.54, 1.807) is 0 Å². The Labute approximate surface area is 120 Å². The first-order valence-electron chi connectivity index (χ1n) is 6.85. The highest BCUT2D eigenvalue weighted by Crippen LogP contribution is 2.31. The van der Waals surface area contributed by atoms with Crippen molar-refractivity contribution >= 4 is 5.78 Å². The molecule has 2 atom stereocenters. The molecule has 20 heavy (non-hydrogen) atoms. The van der Waals surface area contributed by atoms with E-state index in [2.05, 4.69) is 0 Å². The Hall–Kier alpha value is -1.93. The van der Waals surface area contributed by atoms with Gasteiger partial charge in [-0.1, -0.05) is 67.6 Å². The molecular weight excluding hydrogens is 248 g/mol. The summed E-state index contributed by atoms with van der Waals surface area (Å²) in [4.78, 5) is 12.8. The minimum atomic E-state index is -0.865. The summed E-state index contributed by atoms with van der Waals surface area (Å²) in [6, 6.07) is 19.2. The molecule has 2 heteroatoms. The van der Waals surface area contributed by atoms with Crippen LogP contribution in [0, 0.1) is 0 Å². The molecule has 0 aliphatic rings. The first-order valence-corrected chi connectivity index (χ1v) is 6.85. The summed E-state index contributed by atoms with van der Waals surface area (Å²) >= 11 is 0. The van der Waals surface area contributed by atoms with Crippen molar-refractivity contribution in [2.75, 3.05) is 6.61 Å².